The summed E-state index contributed by atoms with van der Waals surface area (Å²) in [5.74, 6) is -0.336. The van der Waals surface area contributed by atoms with E-state index in [0.29, 0.717) is 13.1 Å². The van der Waals surface area contributed by atoms with Gasteiger partial charge in [-0.3, -0.25) is 4.79 Å². The average molecular weight is 368 g/mol. The van der Waals surface area contributed by atoms with Crippen molar-refractivity contribution in [3.8, 4) is 0 Å². The molecule has 140 valence electrons. The lowest BCUT2D eigenvalue weighted by molar-refractivity contribution is -0.126. The third kappa shape index (κ3) is 6.09. The lowest BCUT2D eigenvalue weighted by Gasteiger charge is -2.31. The number of nitrogens with zero attached hydrogens (tertiary/aromatic N) is 1. The Morgan fingerprint density at radius 1 is 1.32 bits per heavy atom. The molecule has 1 heterocycles. The number of carbonyl (C=O) groups is 1. The summed E-state index contributed by atoms with van der Waals surface area (Å²) in [7, 11) is -3.40. The van der Waals surface area contributed by atoms with E-state index in [1.54, 1.807) is 0 Å². The summed E-state index contributed by atoms with van der Waals surface area (Å²) in [6.07, 6.45) is 1.45. The highest BCUT2D eigenvalue weighted by atomic mass is 32.2. The summed E-state index contributed by atoms with van der Waals surface area (Å²) < 4.78 is 26.8. The molecule has 1 aliphatic rings. The number of hydrogen-bond donors (Lipinski definition) is 2. The molecule has 1 aliphatic heterocycles. The second-order valence-electron chi connectivity index (χ2n) is 6.64. The van der Waals surface area contributed by atoms with Crippen LogP contribution in [0.1, 0.15) is 32.3 Å². The van der Waals surface area contributed by atoms with Crippen molar-refractivity contribution >= 4 is 15.9 Å². The van der Waals surface area contributed by atoms with Crippen LogP contribution in [0, 0.1) is 5.92 Å². The van der Waals surface area contributed by atoms with Gasteiger partial charge in [0.1, 0.15) is 0 Å². The number of piperidine rings is 1. The van der Waals surface area contributed by atoms with E-state index in [9.17, 15) is 13.2 Å². The topological polar surface area (TPSA) is 78.5 Å². The first-order valence-electron chi connectivity index (χ1n) is 8.95. The van der Waals surface area contributed by atoms with E-state index in [1.807, 2.05) is 44.2 Å². The maximum atomic E-state index is 12.7. The molecule has 2 atom stereocenters. The molecule has 0 spiro atoms. The molecule has 1 saturated heterocycles. The van der Waals surface area contributed by atoms with Crippen molar-refractivity contribution in [1.29, 1.82) is 0 Å². The van der Waals surface area contributed by atoms with Crippen molar-refractivity contribution in [2.45, 2.75) is 38.5 Å². The lowest BCUT2D eigenvalue weighted by Crippen LogP contribution is -2.47. The number of likely N-dealkylation sites (N-methyl/N-ethyl adjacent to an activating group) is 1. The number of amides is 1. The third-order valence-electron chi connectivity index (χ3n) is 4.48. The molecule has 0 aromatic heterocycles. The number of nitrogens with one attached hydrogen (secondary N) is 2. The van der Waals surface area contributed by atoms with Crippen molar-refractivity contribution in [1.82, 2.24) is 14.9 Å². The third-order valence-corrected chi connectivity index (χ3v) is 6.29. The van der Waals surface area contributed by atoms with Gasteiger partial charge in [-0.15, -0.1) is 0 Å². The number of carbonyl (C=O) groups excluding carboxylic acids is 1. The van der Waals surface area contributed by atoms with Crippen LogP contribution in [0.4, 0.5) is 0 Å². The Kier molecular flexibility index (Phi) is 7.40. The molecule has 0 aliphatic carbocycles. The van der Waals surface area contributed by atoms with Gasteiger partial charge in [0.2, 0.25) is 15.9 Å². The van der Waals surface area contributed by atoms with Gasteiger partial charge in [-0.2, -0.15) is 0 Å². The van der Waals surface area contributed by atoms with Gasteiger partial charge in [-0.1, -0.05) is 37.3 Å². The Hall–Kier alpha value is -1.44. The van der Waals surface area contributed by atoms with E-state index in [4.69, 9.17) is 0 Å². The fraction of sp³-hybridized carbons (Fsp3) is 0.611. The summed E-state index contributed by atoms with van der Waals surface area (Å²) in [5, 5.41) is 6.18. The SMILES string of the molecule is CCN[C@H](C)CNC(=O)C1CCCN(S(=O)(=O)Cc2ccccc2)C1. The molecule has 1 aromatic carbocycles. The minimum atomic E-state index is -3.40. The van der Waals surface area contributed by atoms with E-state index in [1.165, 1.54) is 4.31 Å². The van der Waals surface area contributed by atoms with Crippen LogP contribution in [0.25, 0.3) is 0 Å². The Morgan fingerprint density at radius 2 is 2.04 bits per heavy atom. The van der Waals surface area contributed by atoms with Crippen LogP contribution in [0.2, 0.25) is 0 Å². The highest BCUT2D eigenvalue weighted by Gasteiger charge is 2.32. The van der Waals surface area contributed by atoms with Crippen LogP contribution < -0.4 is 10.6 Å². The van der Waals surface area contributed by atoms with Crippen molar-refractivity contribution in [3.63, 3.8) is 0 Å². The highest BCUT2D eigenvalue weighted by Crippen LogP contribution is 2.21. The van der Waals surface area contributed by atoms with Crippen LogP contribution in [0.15, 0.2) is 30.3 Å². The van der Waals surface area contributed by atoms with Gasteiger partial charge in [0.25, 0.3) is 0 Å². The number of hydrogen-bond acceptors (Lipinski definition) is 4. The number of sulfonamides is 1. The van der Waals surface area contributed by atoms with Crippen LogP contribution in [-0.2, 0) is 20.6 Å². The van der Waals surface area contributed by atoms with Gasteiger partial charge >= 0.3 is 0 Å². The normalized spacial score (nSPS) is 20.2. The molecule has 2 rings (SSSR count). The first-order chi connectivity index (χ1) is 11.9. The Bertz CT molecular complexity index is 649. The first-order valence-corrected chi connectivity index (χ1v) is 10.6. The summed E-state index contributed by atoms with van der Waals surface area (Å²) in [4.78, 5) is 12.4. The Labute approximate surface area is 151 Å². The highest BCUT2D eigenvalue weighted by molar-refractivity contribution is 7.88. The number of rotatable bonds is 8. The molecule has 1 amide bonds. The van der Waals surface area contributed by atoms with E-state index >= 15 is 0 Å². The van der Waals surface area contributed by atoms with Crippen LogP contribution >= 0.6 is 0 Å². The summed E-state index contributed by atoms with van der Waals surface area (Å²) in [5.41, 5.74) is 0.772. The summed E-state index contributed by atoms with van der Waals surface area (Å²) in [6.45, 7) is 6.21. The molecule has 2 N–H and O–H groups in total. The largest absolute Gasteiger partial charge is 0.354 e. The minimum absolute atomic E-state index is 0.0143. The second kappa shape index (κ2) is 9.31. The molecule has 25 heavy (non-hydrogen) atoms. The van der Waals surface area contributed by atoms with Gasteiger partial charge in [-0.25, -0.2) is 12.7 Å². The zero-order valence-electron chi connectivity index (χ0n) is 15.1. The minimum Gasteiger partial charge on any atom is -0.354 e. The molecule has 6 nitrogen and oxygen atoms in total. The zero-order chi connectivity index (χ0) is 18.3. The first kappa shape index (κ1) is 19.9. The zero-order valence-corrected chi connectivity index (χ0v) is 15.9. The van der Waals surface area contributed by atoms with E-state index in [2.05, 4.69) is 10.6 Å². The molecular weight excluding hydrogens is 338 g/mol. The monoisotopic (exact) mass is 367 g/mol. The molecular formula is C18H29N3O3S. The van der Waals surface area contributed by atoms with Crippen molar-refractivity contribution in [2.24, 2.45) is 5.92 Å². The van der Waals surface area contributed by atoms with Crippen LogP contribution in [-0.4, -0.2) is 50.9 Å². The smallest absolute Gasteiger partial charge is 0.224 e. The Morgan fingerprint density at radius 3 is 2.72 bits per heavy atom. The summed E-state index contributed by atoms with van der Waals surface area (Å²) in [6, 6.07) is 9.37. The maximum Gasteiger partial charge on any atom is 0.224 e. The van der Waals surface area contributed by atoms with Gasteiger partial charge in [0.15, 0.2) is 0 Å². The van der Waals surface area contributed by atoms with Crippen LogP contribution in [0.5, 0.6) is 0 Å². The van der Waals surface area contributed by atoms with Crippen molar-refractivity contribution in [3.05, 3.63) is 35.9 Å². The van der Waals surface area contributed by atoms with E-state index in [-0.39, 0.29) is 30.2 Å². The summed E-state index contributed by atoms with van der Waals surface area (Å²) >= 11 is 0. The number of benzene rings is 1. The fourth-order valence-electron chi connectivity index (χ4n) is 3.10. The van der Waals surface area contributed by atoms with Crippen molar-refractivity contribution in [2.75, 3.05) is 26.2 Å². The molecule has 0 saturated carbocycles. The Balaban J connectivity index is 1.92. The molecule has 1 aromatic rings. The van der Waals surface area contributed by atoms with Crippen LogP contribution in [0.3, 0.4) is 0 Å². The molecule has 1 unspecified atom stereocenters. The quantitative estimate of drug-likeness (QED) is 0.727. The molecule has 7 heteroatoms. The van der Waals surface area contributed by atoms with Gasteiger partial charge in [0, 0.05) is 25.7 Å². The van der Waals surface area contributed by atoms with E-state index < -0.39 is 10.0 Å². The molecule has 0 radical (unpaired) electrons. The van der Waals surface area contributed by atoms with Gasteiger partial charge < -0.3 is 10.6 Å². The van der Waals surface area contributed by atoms with Crippen molar-refractivity contribution < 1.29 is 13.2 Å². The predicted octanol–water partition coefficient (Wildman–Crippen LogP) is 1.34. The van der Waals surface area contributed by atoms with E-state index in [0.717, 1.165) is 24.9 Å². The predicted molar refractivity (Wildman–Crippen MR) is 99.5 cm³/mol. The second-order valence-corrected chi connectivity index (χ2v) is 8.61. The average Bonchev–Trinajstić information content (AvgIpc) is 2.60. The molecule has 1 fully saturated rings. The van der Waals surface area contributed by atoms with Gasteiger partial charge in [0.05, 0.1) is 11.7 Å². The lowest BCUT2D eigenvalue weighted by atomic mass is 9.99. The molecule has 0 bridgehead atoms. The fourth-order valence-corrected chi connectivity index (χ4v) is 4.71. The van der Waals surface area contributed by atoms with Gasteiger partial charge in [-0.05, 0) is 31.9 Å². The standard InChI is InChI=1S/C18H29N3O3S/c1-3-19-15(2)12-20-18(22)17-10-7-11-21(13-17)25(23,24)14-16-8-5-4-6-9-16/h4-6,8-9,15,17,19H,3,7,10-14H2,1-2H3,(H,20,22)/t15-,17?/m1/s1. The maximum absolute atomic E-state index is 12.7.